The standard InChI is InChI=1S/C19H21FN4O/c1-12-9-16(20)7-6-15(12)10-13(2)22-18(25)11-24-19-17(14(3)23-24)5-4-8-21-19/h4-9,13H,10-11H2,1-3H3,(H,22,25). The zero-order valence-corrected chi connectivity index (χ0v) is 14.6. The van der Waals surface area contributed by atoms with Gasteiger partial charge < -0.3 is 5.32 Å². The fourth-order valence-corrected chi connectivity index (χ4v) is 3.00. The van der Waals surface area contributed by atoms with E-state index in [1.54, 1.807) is 16.9 Å². The molecule has 3 aromatic rings. The van der Waals surface area contributed by atoms with E-state index in [0.717, 1.165) is 22.2 Å². The van der Waals surface area contributed by atoms with Gasteiger partial charge in [0.05, 0.1) is 5.69 Å². The van der Waals surface area contributed by atoms with Crippen LogP contribution in [-0.4, -0.2) is 26.7 Å². The highest BCUT2D eigenvalue weighted by Crippen LogP contribution is 2.15. The van der Waals surface area contributed by atoms with Gasteiger partial charge in [-0.25, -0.2) is 14.1 Å². The maximum absolute atomic E-state index is 13.2. The summed E-state index contributed by atoms with van der Waals surface area (Å²) in [7, 11) is 0. The van der Waals surface area contributed by atoms with Crippen molar-refractivity contribution in [3.8, 4) is 0 Å². The molecule has 0 saturated heterocycles. The molecule has 0 bridgehead atoms. The van der Waals surface area contributed by atoms with Gasteiger partial charge in [0.15, 0.2) is 5.65 Å². The number of rotatable bonds is 5. The number of amides is 1. The summed E-state index contributed by atoms with van der Waals surface area (Å²) < 4.78 is 14.8. The molecule has 0 spiro atoms. The van der Waals surface area contributed by atoms with Crippen molar-refractivity contribution in [3.05, 3.63) is 59.2 Å². The van der Waals surface area contributed by atoms with Crippen LogP contribution in [-0.2, 0) is 17.8 Å². The Bertz CT molecular complexity index is 919. The number of carbonyl (C=O) groups is 1. The van der Waals surface area contributed by atoms with E-state index in [0.29, 0.717) is 12.1 Å². The average molecular weight is 340 g/mol. The van der Waals surface area contributed by atoms with Crippen molar-refractivity contribution in [1.82, 2.24) is 20.1 Å². The van der Waals surface area contributed by atoms with E-state index in [9.17, 15) is 9.18 Å². The molecule has 0 fully saturated rings. The first-order chi connectivity index (χ1) is 11.9. The maximum atomic E-state index is 13.2. The quantitative estimate of drug-likeness (QED) is 0.777. The second kappa shape index (κ2) is 7.01. The van der Waals surface area contributed by atoms with Crippen LogP contribution >= 0.6 is 0 Å². The lowest BCUT2D eigenvalue weighted by Crippen LogP contribution is -2.36. The number of benzene rings is 1. The van der Waals surface area contributed by atoms with Crippen LogP contribution in [0.2, 0.25) is 0 Å². The maximum Gasteiger partial charge on any atom is 0.242 e. The molecule has 25 heavy (non-hydrogen) atoms. The Labute approximate surface area is 145 Å². The molecule has 6 heteroatoms. The number of aryl methyl sites for hydroxylation is 2. The van der Waals surface area contributed by atoms with Gasteiger partial charge in [-0.15, -0.1) is 0 Å². The normalized spacial score (nSPS) is 12.3. The van der Waals surface area contributed by atoms with Gasteiger partial charge in [-0.1, -0.05) is 6.07 Å². The average Bonchev–Trinajstić information content (AvgIpc) is 2.86. The van der Waals surface area contributed by atoms with E-state index in [1.165, 1.54) is 12.1 Å². The lowest BCUT2D eigenvalue weighted by molar-refractivity contribution is -0.122. The fraction of sp³-hybridized carbons (Fsp3) is 0.316. The van der Waals surface area contributed by atoms with E-state index in [4.69, 9.17) is 0 Å². The van der Waals surface area contributed by atoms with Crippen molar-refractivity contribution in [2.45, 2.75) is 39.8 Å². The van der Waals surface area contributed by atoms with E-state index >= 15 is 0 Å². The molecule has 1 atom stereocenters. The number of nitrogens with one attached hydrogen (secondary N) is 1. The van der Waals surface area contributed by atoms with E-state index in [1.807, 2.05) is 32.9 Å². The molecule has 0 aliphatic rings. The monoisotopic (exact) mass is 340 g/mol. The first-order valence-electron chi connectivity index (χ1n) is 8.26. The number of halogens is 1. The first-order valence-corrected chi connectivity index (χ1v) is 8.26. The third kappa shape index (κ3) is 3.84. The van der Waals surface area contributed by atoms with Crippen LogP contribution in [0.4, 0.5) is 4.39 Å². The lowest BCUT2D eigenvalue weighted by atomic mass is 10.0. The Morgan fingerprint density at radius 2 is 2.12 bits per heavy atom. The van der Waals surface area contributed by atoms with Gasteiger partial charge in [-0.05, 0) is 62.6 Å². The summed E-state index contributed by atoms with van der Waals surface area (Å²) >= 11 is 0. The van der Waals surface area contributed by atoms with E-state index < -0.39 is 0 Å². The number of carbonyl (C=O) groups excluding carboxylic acids is 1. The van der Waals surface area contributed by atoms with Crippen molar-refractivity contribution in [2.24, 2.45) is 0 Å². The van der Waals surface area contributed by atoms with Gasteiger partial charge in [0, 0.05) is 17.6 Å². The van der Waals surface area contributed by atoms with Gasteiger partial charge >= 0.3 is 0 Å². The van der Waals surface area contributed by atoms with Crippen molar-refractivity contribution in [2.75, 3.05) is 0 Å². The molecule has 1 amide bonds. The van der Waals surface area contributed by atoms with Gasteiger partial charge in [0.1, 0.15) is 12.4 Å². The number of aromatic nitrogens is 3. The highest BCUT2D eigenvalue weighted by atomic mass is 19.1. The van der Waals surface area contributed by atoms with Crippen molar-refractivity contribution >= 4 is 16.9 Å². The third-order valence-corrected chi connectivity index (χ3v) is 4.22. The minimum atomic E-state index is -0.244. The molecule has 1 N–H and O–H groups in total. The van der Waals surface area contributed by atoms with Crippen LogP contribution in [0.25, 0.3) is 11.0 Å². The third-order valence-electron chi connectivity index (χ3n) is 4.22. The zero-order valence-electron chi connectivity index (χ0n) is 14.6. The van der Waals surface area contributed by atoms with Gasteiger partial charge in [0.25, 0.3) is 0 Å². The lowest BCUT2D eigenvalue weighted by Gasteiger charge is -2.15. The minimum Gasteiger partial charge on any atom is -0.352 e. The van der Waals surface area contributed by atoms with Crippen LogP contribution in [0.1, 0.15) is 23.7 Å². The molecule has 5 nitrogen and oxygen atoms in total. The summed E-state index contributed by atoms with van der Waals surface area (Å²) in [6.45, 7) is 5.83. The molecule has 1 aromatic carbocycles. The Morgan fingerprint density at radius 3 is 2.88 bits per heavy atom. The van der Waals surface area contributed by atoms with Gasteiger partial charge in [-0.3, -0.25) is 4.79 Å². The second-order valence-corrected chi connectivity index (χ2v) is 6.36. The molecule has 3 rings (SSSR count). The number of pyridine rings is 1. The van der Waals surface area contributed by atoms with Crippen LogP contribution < -0.4 is 5.32 Å². The molecule has 0 radical (unpaired) electrons. The summed E-state index contributed by atoms with van der Waals surface area (Å²) in [6, 6.07) is 8.46. The zero-order chi connectivity index (χ0) is 18.0. The Morgan fingerprint density at radius 1 is 1.32 bits per heavy atom. The summed E-state index contributed by atoms with van der Waals surface area (Å²) in [6.07, 6.45) is 2.34. The predicted molar refractivity (Wildman–Crippen MR) is 94.7 cm³/mol. The van der Waals surface area contributed by atoms with Crippen LogP contribution in [0.5, 0.6) is 0 Å². The molecule has 0 aliphatic heterocycles. The van der Waals surface area contributed by atoms with Crippen LogP contribution in [0.15, 0.2) is 36.5 Å². The fourth-order valence-electron chi connectivity index (χ4n) is 3.00. The molecular formula is C19H21FN4O. The highest BCUT2D eigenvalue weighted by Gasteiger charge is 2.14. The van der Waals surface area contributed by atoms with Crippen molar-refractivity contribution in [1.29, 1.82) is 0 Å². The Hall–Kier alpha value is -2.76. The summed E-state index contributed by atoms with van der Waals surface area (Å²) in [5, 5.41) is 8.32. The number of nitrogens with zero attached hydrogens (tertiary/aromatic N) is 3. The SMILES string of the molecule is Cc1cc(F)ccc1CC(C)NC(=O)Cn1nc(C)c2cccnc21. The molecule has 0 saturated carbocycles. The Kier molecular flexibility index (Phi) is 4.79. The number of hydrogen-bond donors (Lipinski definition) is 1. The molecule has 2 aromatic heterocycles. The first kappa shape index (κ1) is 17.1. The summed E-state index contributed by atoms with van der Waals surface area (Å²) in [5.74, 6) is -0.367. The second-order valence-electron chi connectivity index (χ2n) is 6.36. The highest BCUT2D eigenvalue weighted by molar-refractivity contribution is 5.81. The van der Waals surface area contributed by atoms with E-state index in [-0.39, 0.29) is 24.3 Å². The van der Waals surface area contributed by atoms with Crippen molar-refractivity contribution in [3.63, 3.8) is 0 Å². The molecule has 1 unspecified atom stereocenters. The largest absolute Gasteiger partial charge is 0.352 e. The molecular weight excluding hydrogens is 319 g/mol. The van der Waals surface area contributed by atoms with Crippen LogP contribution in [0, 0.1) is 19.7 Å². The molecule has 130 valence electrons. The van der Waals surface area contributed by atoms with E-state index in [2.05, 4.69) is 15.4 Å². The summed E-state index contributed by atoms with van der Waals surface area (Å²) in [4.78, 5) is 16.7. The molecule has 0 aliphatic carbocycles. The number of fused-ring (bicyclic) bond motifs is 1. The topological polar surface area (TPSA) is 59.8 Å². The van der Waals surface area contributed by atoms with Gasteiger partial charge in [0.2, 0.25) is 5.91 Å². The van der Waals surface area contributed by atoms with Gasteiger partial charge in [-0.2, -0.15) is 5.10 Å². The predicted octanol–water partition coefficient (Wildman–Crippen LogP) is 2.93. The Balaban J connectivity index is 1.65. The summed E-state index contributed by atoms with van der Waals surface area (Å²) in [5.41, 5.74) is 3.47. The van der Waals surface area contributed by atoms with Crippen molar-refractivity contribution < 1.29 is 9.18 Å². The molecule has 2 heterocycles. The number of hydrogen-bond acceptors (Lipinski definition) is 3. The smallest absolute Gasteiger partial charge is 0.242 e. The van der Waals surface area contributed by atoms with Crippen LogP contribution in [0.3, 0.4) is 0 Å². The minimum absolute atomic E-state index is 0.0625.